The van der Waals surface area contributed by atoms with Gasteiger partial charge in [-0.3, -0.25) is 0 Å². The van der Waals surface area contributed by atoms with Crippen LogP contribution in [0.15, 0.2) is 47.1 Å². The number of esters is 1. The Kier molecular flexibility index (Phi) is 6.48. The van der Waals surface area contributed by atoms with Crippen LogP contribution in [0.25, 0.3) is 11.4 Å². The fraction of sp³-hybridized carbons (Fsp3) is 0.211. The van der Waals surface area contributed by atoms with Gasteiger partial charge in [0.15, 0.2) is 0 Å². The molecular weight excluding hydrogens is 421 g/mol. The molecule has 2 heterocycles. The number of halogens is 3. The number of nitrogens with zero attached hydrogens (tertiary/aromatic N) is 3. The Hall–Kier alpha value is -3.96. The largest absolute Gasteiger partial charge is 0.471 e. The van der Waals surface area contributed by atoms with E-state index in [1.165, 1.54) is 31.5 Å². The highest BCUT2D eigenvalue weighted by Gasteiger charge is 2.38. The van der Waals surface area contributed by atoms with E-state index in [0.29, 0.717) is 16.7 Å². The number of alkyl carbamates (subject to hydrolysis) is 1. The number of carbonyl (C=O) groups is 2. The molecule has 12 heteroatoms. The van der Waals surface area contributed by atoms with Gasteiger partial charge in [-0.05, 0) is 11.6 Å². The van der Waals surface area contributed by atoms with Crippen molar-refractivity contribution >= 4 is 12.1 Å². The van der Waals surface area contributed by atoms with Gasteiger partial charge in [0.05, 0.1) is 7.11 Å². The molecule has 3 aromatic rings. The zero-order valence-corrected chi connectivity index (χ0v) is 16.0. The van der Waals surface area contributed by atoms with E-state index < -0.39 is 24.1 Å². The van der Waals surface area contributed by atoms with Gasteiger partial charge in [-0.1, -0.05) is 35.5 Å². The monoisotopic (exact) mass is 436 g/mol. The van der Waals surface area contributed by atoms with Crippen LogP contribution < -0.4 is 5.32 Å². The Bertz CT molecular complexity index is 1050. The molecule has 0 aliphatic heterocycles. The molecule has 0 radical (unpaired) electrons. The average molecular weight is 436 g/mol. The molecule has 162 valence electrons. The first-order valence-electron chi connectivity index (χ1n) is 8.70. The molecule has 0 aliphatic rings. The van der Waals surface area contributed by atoms with Crippen molar-refractivity contribution in [2.24, 2.45) is 0 Å². The number of amides is 1. The summed E-state index contributed by atoms with van der Waals surface area (Å²) in [5, 5.41) is 5.84. The molecule has 0 saturated carbocycles. The molecule has 0 fully saturated rings. The molecule has 0 saturated heterocycles. The van der Waals surface area contributed by atoms with E-state index >= 15 is 0 Å². The molecule has 3 rings (SSSR count). The van der Waals surface area contributed by atoms with Crippen molar-refractivity contribution < 1.29 is 36.8 Å². The lowest BCUT2D eigenvalue weighted by atomic mass is 10.1. The van der Waals surface area contributed by atoms with Gasteiger partial charge in [-0.25, -0.2) is 14.6 Å². The van der Waals surface area contributed by atoms with Crippen molar-refractivity contribution in [3.05, 3.63) is 65.3 Å². The van der Waals surface area contributed by atoms with E-state index in [2.05, 4.69) is 29.7 Å². The lowest BCUT2D eigenvalue weighted by Gasteiger charge is -2.08. The number of methoxy groups -OCH3 is 1. The Balaban J connectivity index is 1.48. The van der Waals surface area contributed by atoms with Crippen LogP contribution in [0.3, 0.4) is 0 Å². The average Bonchev–Trinajstić information content (AvgIpc) is 3.27. The summed E-state index contributed by atoms with van der Waals surface area (Å²) in [6, 6.07) is 9.21. The van der Waals surface area contributed by atoms with Crippen molar-refractivity contribution in [1.82, 2.24) is 20.4 Å². The number of ether oxygens (including phenoxy) is 2. The minimum absolute atomic E-state index is 0.0570. The van der Waals surface area contributed by atoms with Crippen molar-refractivity contribution in [3.8, 4) is 11.4 Å². The zero-order valence-electron chi connectivity index (χ0n) is 16.0. The van der Waals surface area contributed by atoms with E-state index in [1.54, 1.807) is 18.2 Å². The molecular formula is C19H15F3N4O5. The summed E-state index contributed by atoms with van der Waals surface area (Å²) in [6.45, 7) is 0.0667. The second kappa shape index (κ2) is 9.24. The summed E-state index contributed by atoms with van der Waals surface area (Å²) in [5.74, 6) is -2.19. The van der Waals surface area contributed by atoms with Crippen LogP contribution in [0, 0.1) is 0 Å². The highest BCUT2D eigenvalue weighted by Crippen LogP contribution is 2.29. The highest BCUT2D eigenvalue weighted by molar-refractivity contribution is 5.86. The van der Waals surface area contributed by atoms with Crippen LogP contribution in [-0.2, 0) is 28.8 Å². The molecule has 0 aliphatic carbocycles. The first-order valence-corrected chi connectivity index (χ1v) is 8.70. The number of carbonyl (C=O) groups excluding carboxylic acids is 2. The van der Waals surface area contributed by atoms with Crippen LogP contribution in [0.2, 0.25) is 0 Å². The van der Waals surface area contributed by atoms with Crippen molar-refractivity contribution in [2.45, 2.75) is 19.3 Å². The highest BCUT2D eigenvalue weighted by atomic mass is 19.4. The number of aromatic nitrogens is 3. The zero-order chi connectivity index (χ0) is 22.4. The van der Waals surface area contributed by atoms with Gasteiger partial charge < -0.3 is 19.3 Å². The van der Waals surface area contributed by atoms with Crippen molar-refractivity contribution in [2.75, 3.05) is 7.11 Å². The maximum Gasteiger partial charge on any atom is 0.471 e. The minimum Gasteiger partial charge on any atom is -0.464 e. The summed E-state index contributed by atoms with van der Waals surface area (Å²) in [4.78, 5) is 30.4. The van der Waals surface area contributed by atoms with Gasteiger partial charge in [0.25, 0.3) is 0 Å². The fourth-order valence-electron chi connectivity index (χ4n) is 2.34. The number of rotatable bonds is 6. The van der Waals surface area contributed by atoms with E-state index in [1.807, 2.05) is 0 Å². The topological polar surface area (TPSA) is 116 Å². The van der Waals surface area contributed by atoms with Crippen LogP contribution in [0.4, 0.5) is 18.0 Å². The molecule has 0 spiro atoms. The normalized spacial score (nSPS) is 11.1. The van der Waals surface area contributed by atoms with E-state index in [-0.39, 0.29) is 24.7 Å². The minimum atomic E-state index is -4.71. The molecule has 0 unspecified atom stereocenters. The van der Waals surface area contributed by atoms with Gasteiger partial charge >= 0.3 is 24.1 Å². The number of nitrogens with one attached hydrogen (secondary N) is 1. The number of pyridine rings is 1. The Morgan fingerprint density at radius 1 is 1.10 bits per heavy atom. The Morgan fingerprint density at radius 3 is 2.39 bits per heavy atom. The Morgan fingerprint density at radius 2 is 1.81 bits per heavy atom. The SMILES string of the molecule is COC(=O)c1ccc(COC(=O)NCc2ccc(-c3noc(C(F)(F)F)n3)cc2)cn1. The first-order chi connectivity index (χ1) is 14.8. The summed E-state index contributed by atoms with van der Waals surface area (Å²) < 4.78 is 51.4. The van der Waals surface area contributed by atoms with E-state index in [4.69, 9.17) is 4.74 Å². The predicted molar refractivity (Wildman–Crippen MR) is 97.3 cm³/mol. The molecule has 0 atom stereocenters. The summed E-state index contributed by atoms with van der Waals surface area (Å²) in [7, 11) is 1.24. The second-order valence-corrected chi connectivity index (χ2v) is 6.09. The maximum atomic E-state index is 12.5. The molecule has 9 nitrogen and oxygen atoms in total. The number of benzene rings is 1. The predicted octanol–water partition coefficient (Wildman–Crippen LogP) is 3.36. The smallest absolute Gasteiger partial charge is 0.464 e. The summed E-state index contributed by atoms with van der Waals surface area (Å²) in [5.41, 5.74) is 1.71. The standard InChI is InChI=1S/C19H15F3N4O5/c1-29-16(27)14-7-4-12(9-23-14)10-30-18(28)24-8-11-2-5-13(6-3-11)15-25-17(31-26-15)19(20,21)22/h2-7,9H,8,10H2,1H3,(H,24,28). The van der Waals surface area contributed by atoms with E-state index in [0.717, 1.165) is 0 Å². The van der Waals surface area contributed by atoms with Crippen LogP contribution in [0.1, 0.15) is 27.5 Å². The summed E-state index contributed by atoms with van der Waals surface area (Å²) in [6.07, 6.45) is -4.01. The third-order valence-corrected chi connectivity index (χ3v) is 3.91. The maximum absolute atomic E-state index is 12.5. The molecule has 2 aromatic heterocycles. The molecule has 31 heavy (non-hydrogen) atoms. The van der Waals surface area contributed by atoms with Gasteiger partial charge in [0.2, 0.25) is 5.82 Å². The third kappa shape index (κ3) is 5.78. The number of hydrogen-bond acceptors (Lipinski definition) is 8. The Labute approximate surface area is 173 Å². The van der Waals surface area contributed by atoms with Crippen molar-refractivity contribution in [3.63, 3.8) is 0 Å². The quantitative estimate of drug-likeness (QED) is 0.585. The third-order valence-electron chi connectivity index (χ3n) is 3.91. The lowest BCUT2D eigenvalue weighted by molar-refractivity contribution is -0.159. The van der Waals surface area contributed by atoms with Crippen LogP contribution in [-0.4, -0.2) is 34.3 Å². The van der Waals surface area contributed by atoms with Crippen LogP contribution >= 0.6 is 0 Å². The van der Waals surface area contributed by atoms with E-state index in [9.17, 15) is 22.8 Å². The number of hydrogen-bond donors (Lipinski definition) is 1. The van der Waals surface area contributed by atoms with Crippen LogP contribution in [0.5, 0.6) is 0 Å². The summed E-state index contributed by atoms with van der Waals surface area (Å²) >= 11 is 0. The van der Waals surface area contributed by atoms with Gasteiger partial charge in [-0.2, -0.15) is 18.2 Å². The molecule has 1 aromatic carbocycles. The second-order valence-electron chi connectivity index (χ2n) is 6.09. The molecule has 1 N–H and O–H groups in total. The molecule has 0 bridgehead atoms. The van der Waals surface area contributed by atoms with Gasteiger partial charge in [0.1, 0.15) is 12.3 Å². The van der Waals surface area contributed by atoms with Gasteiger partial charge in [0, 0.05) is 23.9 Å². The van der Waals surface area contributed by atoms with Crippen molar-refractivity contribution in [1.29, 1.82) is 0 Å². The number of alkyl halides is 3. The fourth-order valence-corrected chi connectivity index (χ4v) is 2.34. The lowest BCUT2D eigenvalue weighted by Crippen LogP contribution is -2.23. The first kappa shape index (κ1) is 21.7. The molecule has 1 amide bonds. The van der Waals surface area contributed by atoms with Gasteiger partial charge in [-0.15, -0.1) is 0 Å².